The number of carbonyl (C=O) groups is 1. The molecule has 4 nitrogen and oxygen atoms in total. The SMILES string of the molecule is CC(C)(CO)CNC(=O)C1COc2ccccc2C1. The van der Waals surface area contributed by atoms with Crippen molar-refractivity contribution in [3.63, 3.8) is 0 Å². The third kappa shape index (κ3) is 3.47. The first-order chi connectivity index (χ1) is 9.02. The van der Waals surface area contributed by atoms with Crippen LogP contribution in [0.3, 0.4) is 0 Å². The lowest BCUT2D eigenvalue weighted by molar-refractivity contribution is -0.126. The van der Waals surface area contributed by atoms with Crippen molar-refractivity contribution in [1.82, 2.24) is 5.32 Å². The number of carbonyl (C=O) groups excluding carboxylic acids is 1. The summed E-state index contributed by atoms with van der Waals surface area (Å²) in [6, 6.07) is 7.81. The Kier molecular flexibility index (Phi) is 4.10. The molecule has 2 rings (SSSR count). The van der Waals surface area contributed by atoms with Crippen molar-refractivity contribution in [1.29, 1.82) is 0 Å². The number of ether oxygens (including phenoxy) is 1. The zero-order chi connectivity index (χ0) is 13.9. The average Bonchev–Trinajstić information content (AvgIpc) is 2.44. The van der Waals surface area contributed by atoms with Gasteiger partial charge in [-0.3, -0.25) is 4.79 Å². The monoisotopic (exact) mass is 263 g/mol. The Labute approximate surface area is 113 Å². The number of aliphatic hydroxyl groups excluding tert-OH is 1. The summed E-state index contributed by atoms with van der Waals surface area (Å²) in [4.78, 5) is 12.1. The summed E-state index contributed by atoms with van der Waals surface area (Å²) in [6.45, 7) is 4.78. The number of rotatable bonds is 4. The molecule has 104 valence electrons. The van der Waals surface area contributed by atoms with Crippen molar-refractivity contribution >= 4 is 5.91 Å². The highest BCUT2D eigenvalue weighted by molar-refractivity contribution is 5.79. The smallest absolute Gasteiger partial charge is 0.226 e. The molecule has 1 aliphatic rings. The molecule has 1 atom stereocenters. The van der Waals surface area contributed by atoms with Crippen LogP contribution in [-0.2, 0) is 11.2 Å². The second kappa shape index (κ2) is 5.61. The van der Waals surface area contributed by atoms with Crippen LogP contribution in [-0.4, -0.2) is 30.8 Å². The Morgan fingerprint density at radius 2 is 2.21 bits per heavy atom. The lowest BCUT2D eigenvalue weighted by Gasteiger charge is -2.27. The summed E-state index contributed by atoms with van der Waals surface area (Å²) in [5.74, 6) is 0.725. The van der Waals surface area contributed by atoms with Crippen LogP contribution < -0.4 is 10.1 Å². The maximum absolute atomic E-state index is 12.1. The van der Waals surface area contributed by atoms with Gasteiger partial charge in [-0.15, -0.1) is 0 Å². The number of amides is 1. The molecule has 0 aliphatic carbocycles. The molecule has 0 bridgehead atoms. The molecular formula is C15H21NO3. The topological polar surface area (TPSA) is 58.6 Å². The maximum Gasteiger partial charge on any atom is 0.226 e. The number of para-hydroxylation sites is 1. The van der Waals surface area contributed by atoms with Gasteiger partial charge < -0.3 is 15.2 Å². The van der Waals surface area contributed by atoms with E-state index in [2.05, 4.69) is 5.32 Å². The largest absolute Gasteiger partial charge is 0.492 e. The van der Waals surface area contributed by atoms with Crippen molar-refractivity contribution in [3.05, 3.63) is 29.8 Å². The molecule has 1 aliphatic heterocycles. The standard InChI is InChI=1S/C15H21NO3/c1-15(2,10-17)9-16-14(18)12-7-11-5-3-4-6-13(11)19-8-12/h3-6,12,17H,7-10H2,1-2H3,(H,16,18). The fraction of sp³-hybridized carbons (Fsp3) is 0.533. The van der Waals surface area contributed by atoms with Crippen molar-refractivity contribution in [2.75, 3.05) is 19.8 Å². The van der Waals surface area contributed by atoms with E-state index in [1.807, 2.05) is 38.1 Å². The van der Waals surface area contributed by atoms with Gasteiger partial charge in [0.2, 0.25) is 5.91 Å². The van der Waals surface area contributed by atoms with Crippen LogP contribution in [0.5, 0.6) is 5.75 Å². The van der Waals surface area contributed by atoms with E-state index < -0.39 is 0 Å². The van der Waals surface area contributed by atoms with E-state index in [4.69, 9.17) is 4.74 Å². The van der Waals surface area contributed by atoms with E-state index in [1.165, 1.54) is 0 Å². The first-order valence-electron chi connectivity index (χ1n) is 6.61. The molecule has 0 radical (unpaired) electrons. The number of hydrogen-bond donors (Lipinski definition) is 2. The zero-order valence-electron chi connectivity index (χ0n) is 11.5. The van der Waals surface area contributed by atoms with Crippen molar-refractivity contribution < 1.29 is 14.6 Å². The van der Waals surface area contributed by atoms with Gasteiger partial charge in [-0.1, -0.05) is 32.0 Å². The predicted molar refractivity (Wildman–Crippen MR) is 73.0 cm³/mol. The molecule has 0 saturated heterocycles. The first kappa shape index (κ1) is 13.9. The lowest BCUT2D eigenvalue weighted by atomic mass is 9.93. The highest BCUT2D eigenvalue weighted by Gasteiger charge is 2.27. The molecule has 0 aromatic heterocycles. The fourth-order valence-electron chi connectivity index (χ4n) is 2.02. The van der Waals surface area contributed by atoms with Crippen LogP contribution in [0.25, 0.3) is 0 Å². The number of nitrogens with one attached hydrogen (secondary N) is 1. The van der Waals surface area contributed by atoms with Gasteiger partial charge in [0.25, 0.3) is 0 Å². The predicted octanol–water partition coefficient (Wildman–Crippen LogP) is 1.37. The summed E-state index contributed by atoms with van der Waals surface area (Å²) < 4.78 is 5.61. The summed E-state index contributed by atoms with van der Waals surface area (Å²) in [7, 11) is 0. The fourth-order valence-corrected chi connectivity index (χ4v) is 2.02. The zero-order valence-corrected chi connectivity index (χ0v) is 11.5. The van der Waals surface area contributed by atoms with E-state index in [0.717, 1.165) is 11.3 Å². The average molecular weight is 263 g/mol. The van der Waals surface area contributed by atoms with E-state index in [0.29, 0.717) is 19.6 Å². The Balaban J connectivity index is 1.92. The number of fused-ring (bicyclic) bond motifs is 1. The van der Waals surface area contributed by atoms with Crippen LogP contribution >= 0.6 is 0 Å². The summed E-state index contributed by atoms with van der Waals surface area (Å²) in [6.07, 6.45) is 0.710. The second-order valence-electron chi connectivity index (χ2n) is 5.86. The van der Waals surface area contributed by atoms with Gasteiger partial charge in [-0.05, 0) is 18.1 Å². The van der Waals surface area contributed by atoms with Gasteiger partial charge in [-0.25, -0.2) is 0 Å². The molecule has 19 heavy (non-hydrogen) atoms. The van der Waals surface area contributed by atoms with Crippen LogP contribution in [0.1, 0.15) is 19.4 Å². The minimum Gasteiger partial charge on any atom is -0.492 e. The number of benzene rings is 1. The number of hydrogen-bond acceptors (Lipinski definition) is 3. The van der Waals surface area contributed by atoms with Crippen LogP contribution in [0.4, 0.5) is 0 Å². The molecule has 1 aromatic rings. The minimum absolute atomic E-state index is 0.00368. The summed E-state index contributed by atoms with van der Waals surface area (Å²) >= 11 is 0. The van der Waals surface area contributed by atoms with E-state index in [-0.39, 0.29) is 23.8 Å². The van der Waals surface area contributed by atoms with Crippen molar-refractivity contribution in [2.45, 2.75) is 20.3 Å². The molecule has 4 heteroatoms. The van der Waals surface area contributed by atoms with Crippen LogP contribution in [0, 0.1) is 11.3 Å². The molecular weight excluding hydrogens is 242 g/mol. The van der Waals surface area contributed by atoms with Crippen molar-refractivity contribution in [3.8, 4) is 5.75 Å². The van der Waals surface area contributed by atoms with E-state index in [1.54, 1.807) is 0 Å². The van der Waals surface area contributed by atoms with E-state index >= 15 is 0 Å². The molecule has 0 fully saturated rings. The van der Waals surface area contributed by atoms with Gasteiger partial charge >= 0.3 is 0 Å². The summed E-state index contributed by atoms with van der Waals surface area (Å²) in [5.41, 5.74) is 0.790. The third-order valence-electron chi connectivity index (χ3n) is 3.42. The molecule has 0 saturated carbocycles. The molecule has 1 amide bonds. The molecule has 0 spiro atoms. The van der Waals surface area contributed by atoms with Gasteiger partial charge in [0.1, 0.15) is 12.4 Å². The van der Waals surface area contributed by atoms with Crippen molar-refractivity contribution in [2.24, 2.45) is 11.3 Å². The van der Waals surface area contributed by atoms with Crippen LogP contribution in [0.15, 0.2) is 24.3 Å². The quantitative estimate of drug-likeness (QED) is 0.862. The summed E-state index contributed by atoms with van der Waals surface area (Å²) in [5, 5.41) is 12.1. The Bertz CT molecular complexity index is 456. The van der Waals surface area contributed by atoms with E-state index in [9.17, 15) is 9.90 Å². The first-order valence-corrected chi connectivity index (χ1v) is 6.61. The van der Waals surface area contributed by atoms with Gasteiger partial charge in [-0.2, -0.15) is 0 Å². The minimum atomic E-state index is -0.289. The molecule has 1 aromatic carbocycles. The highest BCUT2D eigenvalue weighted by atomic mass is 16.5. The molecule has 2 N–H and O–H groups in total. The maximum atomic E-state index is 12.1. The van der Waals surface area contributed by atoms with Gasteiger partial charge in [0, 0.05) is 18.6 Å². The lowest BCUT2D eigenvalue weighted by Crippen LogP contribution is -2.42. The molecule has 1 unspecified atom stereocenters. The second-order valence-corrected chi connectivity index (χ2v) is 5.86. The molecule has 1 heterocycles. The number of aliphatic hydroxyl groups is 1. The Morgan fingerprint density at radius 1 is 1.47 bits per heavy atom. The Hall–Kier alpha value is -1.55. The van der Waals surface area contributed by atoms with Gasteiger partial charge in [0.15, 0.2) is 0 Å². The highest BCUT2D eigenvalue weighted by Crippen LogP contribution is 2.26. The van der Waals surface area contributed by atoms with Gasteiger partial charge in [0.05, 0.1) is 5.92 Å². The third-order valence-corrected chi connectivity index (χ3v) is 3.42. The Morgan fingerprint density at radius 3 is 2.95 bits per heavy atom. The normalized spacial score (nSPS) is 18.4. The van der Waals surface area contributed by atoms with Crippen LogP contribution in [0.2, 0.25) is 0 Å².